The van der Waals surface area contributed by atoms with Crippen molar-refractivity contribution in [3.05, 3.63) is 29.6 Å². The van der Waals surface area contributed by atoms with Gasteiger partial charge in [-0.3, -0.25) is 4.90 Å². The number of esters is 1. The number of hydrogen-bond donors (Lipinski definition) is 1. The molecule has 0 aromatic heterocycles. The average molecular weight is 310 g/mol. The highest BCUT2D eigenvalue weighted by atomic mass is 19.1. The van der Waals surface area contributed by atoms with Gasteiger partial charge in [-0.15, -0.1) is 0 Å². The Bertz CT molecular complexity index is 598. The van der Waals surface area contributed by atoms with Gasteiger partial charge in [0.2, 0.25) is 0 Å². The van der Waals surface area contributed by atoms with Gasteiger partial charge in [0.25, 0.3) is 0 Å². The molecule has 6 nitrogen and oxygen atoms in total. The Labute approximate surface area is 128 Å². The Morgan fingerprint density at radius 2 is 2.18 bits per heavy atom. The molecule has 22 heavy (non-hydrogen) atoms. The minimum atomic E-state index is -0.762. The molecule has 0 radical (unpaired) electrons. The van der Waals surface area contributed by atoms with E-state index in [1.54, 1.807) is 20.8 Å². The Morgan fingerprint density at radius 3 is 2.73 bits per heavy atom. The van der Waals surface area contributed by atoms with Crippen molar-refractivity contribution in [2.24, 2.45) is 5.73 Å². The van der Waals surface area contributed by atoms with Crippen LogP contribution in [0.15, 0.2) is 18.2 Å². The van der Waals surface area contributed by atoms with Gasteiger partial charge in [-0.25, -0.2) is 14.0 Å². The third-order valence-corrected chi connectivity index (χ3v) is 3.08. The first-order valence-electron chi connectivity index (χ1n) is 6.92. The highest BCUT2D eigenvalue weighted by molar-refractivity contribution is 5.93. The zero-order valence-electron chi connectivity index (χ0n) is 12.8. The largest absolute Gasteiger partial charge is 0.456 e. The maximum Gasteiger partial charge on any atom is 0.414 e. The number of halogens is 1. The van der Waals surface area contributed by atoms with Crippen LogP contribution < -0.4 is 10.6 Å². The molecule has 1 atom stereocenters. The maximum absolute atomic E-state index is 14.2. The highest BCUT2D eigenvalue weighted by Gasteiger charge is 2.34. The van der Waals surface area contributed by atoms with Crippen molar-refractivity contribution in [3.63, 3.8) is 0 Å². The molecule has 7 heteroatoms. The summed E-state index contributed by atoms with van der Waals surface area (Å²) in [5.41, 5.74) is 4.96. The minimum Gasteiger partial charge on any atom is -0.456 e. The van der Waals surface area contributed by atoms with Crippen LogP contribution >= 0.6 is 0 Å². The Morgan fingerprint density at radius 1 is 1.50 bits per heavy atom. The molecular formula is C15H19FN2O4. The molecule has 1 fully saturated rings. The Kier molecular flexibility index (Phi) is 4.37. The molecule has 1 heterocycles. The van der Waals surface area contributed by atoms with Crippen LogP contribution in [0.1, 0.15) is 31.1 Å². The molecule has 2 rings (SSSR count). The second kappa shape index (κ2) is 5.92. The third-order valence-electron chi connectivity index (χ3n) is 3.08. The van der Waals surface area contributed by atoms with E-state index in [0.717, 1.165) is 6.07 Å². The van der Waals surface area contributed by atoms with E-state index in [-0.39, 0.29) is 24.8 Å². The van der Waals surface area contributed by atoms with Crippen molar-refractivity contribution in [1.29, 1.82) is 0 Å². The zero-order chi connectivity index (χ0) is 16.5. The van der Waals surface area contributed by atoms with Gasteiger partial charge in [-0.2, -0.15) is 0 Å². The molecule has 1 aliphatic rings. The number of benzene rings is 1. The van der Waals surface area contributed by atoms with E-state index in [1.807, 2.05) is 0 Å². The summed E-state index contributed by atoms with van der Waals surface area (Å²) in [7, 11) is 0. The van der Waals surface area contributed by atoms with Crippen LogP contribution in [0.25, 0.3) is 0 Å². The van der Waals surface area contributed by atoms with Gasteiger partial charge in [0, 0.05) is 6.54 Å². The van der Waals surface area contributed by atoms with Crippen molar-refractivity contribution < 1.29 is 23.5 Å². The quantitative estimate of drug-likeness (QED) is 0.864. The van der Waals surface area contributed by atoms with Crippen LogP contribution in [-0.2, 0) is 9.47 Å². The molecule has 0 bridgehead atoms. The number of anilines is 1. The second-order valence-corrected chi connectivity index (χ2v) is 6.00. The SMILES string of the molecule is CC(C)(C)OC(=O)c1ccc(N2C(=O)OC[C@@H]2CN)cc1F. The summed E-state index contributed by atoms with van der Waals surface area (Å²) in [6.07, 6.45) is -0.583. The van der Waals surface area contributed by atoms with Crippen LogP contribution in [0.5, 0.6) is 0 Å². The lowest BCUT2D eigenvalue weighted by Crippen LogP contribution is -2.39. The summed E-state index contributed by atoms with van der Waals surface area (Å²) in [6.45, 7) is 5.45. The molecule has 2 N–H and O–H groups in total. The van der Waals surface area contributed by atoms with Crippen molar-refractivity contribution >= 4 is 17.7 Å². The van der Waals surface area contributed by atoms with E-state index < -0.39 is 23.5 Å². The average Bonchev–Trinajstić information content (AvgIpc) is 2.77. The van der Waals surface area contributed by atoms with Crippen molar-refractivity contribution in [2.75, 3.05) is 18.1 Å². The number of carbonyl (C=O) groups is 2. The predicted octanol–water partition coefficient (Wildman–Crippen LogP) is 2.06. The van der Waals surface area contributed by atoms with Gasteiger partial charge in [0.15, 0.2) is 0 Å². The Balaban J connectivity index is 2.26. The minimum absolute atomic E-state index is 0.158. The highest BCUT2D eigenvalue weighted by Crippen LogP contribution is 2.25. The summed E-state index contributed by atoms with van der Waals surface area (Å²) in [5, 5.41) is 0. The van der Waals surface area contributed by atoms with Crippen LogP contribution in [0, 0.1) is 5.82 Å². The van der Waals surface area contributed by atoms with Gasteiger partial charge in [-0.05, 0) is 39.0 Å². The molecule has 0 spiro atoms. The topological polar surface area (TPSA) is 81.9 Å². The third kappa shape index (κ3) is 3.36. The monoisotopic (exact) mass is 310 g/mol. The normalized spacial score (nSPS) is 18.3. The fourth-order valence-corrected chi connectivity index (χ4v) is 2.10. The summed E-state index contributed by atoms with van der Waals surface area (Å²) in [5.74, 6) is -1.52. The number of nitrogens with zero attached hydrogens (tertiary/aromatic N) is 1. The van der Waals surface area contributed by atoms with Crippen LogP contribution in [-0.4, -0.2) is 36.9 Å². The van der Waals surface area contributed by atoms with Crippen LogP contribution in [0.3, 0.4) is 0 Å². The number of ether oxygens (including phenoxy) is 2. The zero-order valence-corrected chi connectivity index (χ0v) is 12.8. The molecule has 1 aliphatic heterocycles. The summed E-state index contributed by atoms with van der Waals surface area (Å²) >= 11 is 0. The van der Waals surface area contributed by atoms with Crippen molar-refractivity contribution in [1.82, 2.24) is 0 Å². The van der Waals surface area contributed by atoms with E-state index in [1.165, 1.54) is 17.0 Å². The smallest absolute Gasteiger partial charge is 0.414 e. The van der Waals surface area contributed by atoms with Crippen molar-refractivity contribution in [3.8, 4) is 0 Å². The molecule has 1 amide bonds. The summed E-state index contributed by atoms with van der Waals surface area (Å²) < 4.78 is 24.2. The molecule has 1 aromatic carbocycles. The van der Waals surface area contributed by atoms with Gasteiger partial charge in [0.05, 0.1) is 17.3 Å². The summed E-state index contributed by atoms with van der Waals surface area (Å²) in [6, 6.07) is 3.52. The van der Waals surface area contributed by atoms with Crippen molar-refractivity contribution in [2.45, 2.75) is 32.4 Å². The van der Waals surface area contributed by atoms with Gasteiger partial charge < -0.3 is 15.2 Å². The van der Waals surface area contributed by atoms with E-state index in [2.05, 4.69) is 0 Å². The fraction of sp³-hybridized carbons (Fsp3) is 0.467. The fourth-order valence-electron chi connectivity index (χ4n) is 2.10. The van der Waals surface area contributed by atoms with Gasteiger partial charge >= 0.3 is 12.1 Å². The molecule has 0 aliphatic carbocycles. The second-order valence-electron chi connectivity index (χ2n) is 6.00. The predicted molar refractivity (Wildman–Crippen MR) is 78.2 cm³/mol. The molecule has 1 aromatic rings. The van der Waals surface area contributed by atoms with Gasteiger partial charge in [-0.1, -0.05) is 0 Å². The van der Waals surface area contributed by atoms with E-state index >= 15 is 0 Å². The van der Waals surface area contributed by atoms with Crippen LogP contribution in [0.2, 0.25) is 0 Å². The number of amides is 1. The maximum atomic E-state index is 14.2. The first-order chi connectivity index (χ1) is 10.2. The molecule has 0 saturated carbocycles. The number of hydrogen-bond acceptors (Lipinski definition) is 5. The standard InChI is InChI=1S/C15H19FN2O4/c1-15(2,3)22-13(19)11-5-4-9(6-12(11)16)18-10(7-17)8-21-14(18)20/h4-6,10H,7-8,17H2,1-3H3/t10-/m0/s1. The molecule has 120 valence electrons. The molecular weight excluding hydrogens is 291 g/mol. The number of rotatable bonds is 3. The Hall–Kier alpha value is -2.15. The lowest BCUT2D eigenvalue weighted by molar-refractivity contribution is 0.00647. The van der Waals surface area contributed by atoms with Gasteiger partial charge in [0.1, 0.15) is 18.0 Å². The van der Waals surface area contributed by atoms with E-state index in [9.17, 15) is 14.0 Å². The number of carbonyl (C=O) groups excluding carboxylic acids is 2. The lowest BCUT2D eigenvalue weighted by Gasteiger charge is -2.22. The van der Waals surface area contributed by atoms with E-state index in [0.29, 0.717) is 5.69 Å². The van der Waals surface area contributed by atoms with Crippen LogP contribution in [0.4, 0.5) is 14.9 Å². The first-order valence-corrected chi connectivity index (χ1v) is 6.92. The molecule has 0 unspecified atom stereocenters. The lowest BCUT2D eigenvalue weighted by atomic mass is 10.1. The van der Waals surface area contributed by atoms with E-state index in [4.69, 9.17) is 15.2 Å². The summed E-state index contributed by atoms with van der Waals surface area (Å²) in [4.78, 5) is 24.9. The molecule has 1 saturated heterocycles. The number of cyclic esters (lactones) is 1. The number of nitrogens with two attached hydrogens (primary N) is 1. The first kappa shape index (κ1) is 16.2.